The van der Waals surface area contributed by atoms with Crippen molar-refractivity contribution in [3.05, 3.63) is 46.9 Å². The molecule has 31 heavy (non-hydrogen) atoms. The molecule has 1 aromatic carbocycles. The Bertz CT molecular complexity index is 1190. The summed E-state index contributed by atoms with van der Waals surface area (Å²) < 4.78 is 10.6. The van der Waals surface area contributed by atoms with Crippen LogP contribution in [0.15, 0.2) is 41.1 Å². The molecule has 1 aliphatic heterocycles. The summed E-state index contributed by atoms with van der Waals surface area (Å²) in [6.45, 7) is 3.90. The minimum Gasteiger partial charge on any atom is -0.504 e. The average Bonchev–Trinajstić information content (AvgIpc) is 3.44. The number of nitrogens with one attached hydrogen (secondary N) is 1. The van der Waals surface area contributed by atoms with Crippen LogP contribution in [0.1, 0.15) is 5.82 Å². The number of morpholine rings is 1. The molecule has 160 valence electrons. The van der Waals surface area contributed by atoms with Gasteiger partial charge in [0, 0.05) is 40.7 Å². The molecular formula is C22H22N4O3S2. The summed E-state index contributed by atoms with van der Waals surface area (Å²) in [5.74, 6) is 2.02. The van der Waals surface area contributed by atoms with Gasteiger partial charge < -0.3 is 19.9 Å². The lowest BCUT2D eigenvalue weighted by Crippen LogP contribution is -2.36. The largest absolute Gasteiger partial charge is 0.504 e. The number of phenolic OH excluding ortho intramolecular Hbond substituents is 1. The van der Waals surface area contributed by atoms with Crippen molar-refractivity contribution in [3.8, 4) is 21.9 Å². The summed E-state index contributed by atoms with van der Waals surface area (Å²) in [6.07, 6.45) is 0. The lowest BCUT2D eigenvalue weighted by Gasteiger charge is -2.25. The van der Waals surface area contributed by atoms with Gasteiger partial charge in [0.15, 0.2) is 11.5 Å². The Morgan fingerprint density at radius 1 is 1.19 bits per heavy atom. The number of benzene rings is 1. The van der Waals surface area contributed by atoms with Crippen LogP contribution in [0.2, 0.25) is 0 Å². The second-order valence-corrected chi connectivity index (χ2v) is 9.00. The number of anilines is 2. The fraction of sp³-hybridized carbons (Fsp3) is 0.273. The predicted octanol–water partition coefficient (Wildman–Crippen LogP) is 4.71. The van der Waals surface area contributed by atoms with Gasteiger partial charge in [-0.1, -0.05) is 6.07 Å². The van der Waals surface area contributed by atoms with Crippen molar-refractivity contribution in [2.45, 2.75) is 6.54 Å². The summed E-state index contributed by atoms with van der Waals surface area (Å²) in [7, 11) is 1.53. The minimum absolute atomic E-state index is 0.0788. The number of fused-ring (bicyclic) bond motifs is 1. The highest BCUT2D eigenvalue weighted by atomic mass is 32.1. The van der Waals surface area contributed by atoms with E-state index in [1.807, 2.05) is 12.1 Å². The predicted molar refractivity (Wildman–Crippen MR) is 125 cm³/mol. The van der Waals surface area contributed by atoms with E-state index in [2.05, 4.69) is 27.0 Å². The van der Waals surface area contributed by atoms with Gasteiger partial charge in [0.25, 0.3) is 0 Å². The molecule has 0 radical (unpaired) electrons. The van der Waals surface area contributed by atoms with E-state index in [1.165, 1.54) is 12.0 Å². The second-order valence-electron chi connectivity index (χ2n) is 7.20. The molecule has 1 aliphatic rings. The van der Waals surface area contributed by atoms with Crippen LogP contribution in [0.3, 0.4) is 0 Å². The van der Waals surface area contributed by atoms with Crippen LogP contribution in [0.4, 0.5) is 11.5 Å². The molecule has 7 nitrogen and oxygen atoms in total. The van der Waals surface area contributed by atoms with Crippen molar-refractivity contribution in [1.82, 2.24) is 14.9 Å². The number of nitrogens with zero attached hydrogens (tertiary/aromatic N) is 3. The first-order valence-electron chi connectivity index (χ1n) is 9.97. The molecule has 4 heterocycles. The molecule has 4 aromatic rings. The first-order valence-corrected chi connectivity index (χ1v) is 11.7. The fourth-order valence-electron chi connectivity index (χ4n) is 3.62. The lowest BCUT2D eigenvalue weighted by atomic mass is 10.2. The summed E-state index contributed by atoms with van der Waals surface area (Å²) in [6, 6.07) is 9.40. The van der Waals surface area contributed by atoms with Crippen LogP contribution in [0.25, 0.3) is 20.7 Å². The number of aromatic hydroxyl groups is 1. The molecule has 2 N–H and O–H groups in total. The highest BCUT2D eigenvalue weighted by Gasteiger charge is 2.19. The standard InChI is InChI=1S/C22H22N4O3S2/c1-28-17-5-4-14(11-16(17)27)23-21-20-15(18-3-2-10-30-18)13-31-22(20)25-19(24-21)12-26-6-8-29-9-7-26/h2-5,10-11,13,27H,6-9,12H2,1H3,(H,23,24,25). The zero-order valence-corrected chi connectivity index (χ0v) is 18.6. The van der Waals surface area contributed by atoms with Crippen molar-refractivity contribution in [3.63, 3.8) is 0 Å². The zero-order valence-electron chi connectivity index (χ0n) is 17.0. The first-order chi connectivity index (χ1) is 15.2. The van der Waals surface area contributed by atoms with Crippen molar-refractivity contribution in [1.29, 1.82) is 0 Å². The van der Waals surface area contributed by atoms with Crippen molar-refractivity contribution >= 4 is 44.4 Å². The number of phenols is 1. The monoisotopic (exact) mass is 454 g/mol. The van der Waals surface area contributed by atoms with E-state index >= 15 is 0 Å². The first kappa shape index (κ1) is 20.2. The fourth-order valence-corrected chi connectivity index (χ4v) is 5.40. The van der Waals surface area contributed by atoms with Gasteiger partial charge in [-0.3, -0.25) is 4.90 Å². The molecule has 5 rings (SSSR count). The smallest absolute Gasteiger partial charge is 0.160 e. The van der Waals surface area contributed by atoms with Gasteiger partial charge in [0.1, 0.15) is 16.5 Å². The van der Waals surface area contributed by atoms with Crippen LogP contribution in [0.5, 0.6) is 11.5 Å². The summed E-state index contributed by atoms with van der Waals surface area (Å²) >= 11 is 3.32. The maximum Gasteiger partial charge on any atom is 0.160 e. The Hall–Kier alpha value is -2.72. The van der Waals surface area contributed by atoms with Crippen molar-refractivity contribution < 1.29 is 14.6 Å². The molecule has 0 bridgehead atoms. The molecule has 3 aromatic heterocycles. The van der Waals surface area contributed by atoms with E-state index < -0.39 is 0 Å². The Kier molecular flexibility index (Phi) is 5.73. The zero-order chi connectivity index (χ0) is 21.2. The molecule has 9 heteroatoms. The molecular weight excluding hydrogens is 432 g/mol. The van der Waals surface area contributed by atoms with E-state index in [1.54, 1.807) is 34.8 Å². The van der Waals surface area contributed by atoms with E-state index in [4.69, 9.17) is 19.4 Å². The van der Waals surface area contributed by atoms with Gasteiger partial charge in [0.2, 0.25) is 0 Å². The summed E-state index contributed by atoms with van der Waals surface area (Å²) in [4.78, 5) is 14.2. The Labute approximate surface area is 187 Å². The third-order valence-electron chi connectivity index (χ3n) is 5.18. The van der Waals surface area contributed by atoms with Crippen molar-refractivity contribution in [2.24, 2.45) is 0 Å². The van der Waals surface area contributed by atoms with Crippen LogP contribution in [0, 0.1) is 0 Å². The molecule has 0 atom stereocenters. The minimum atomic E-state index is 0.0788. The SMILES string of the molecule is COc1ccc(Nc2nc(CN3CCOCC3)nc3scc(-c4cccs4)c23)cc1O. The van der Waals surface area contributed by atoms with Gasteiger partial charge in [-0.2, -0.15) is 0 Å². The van der Waals surface area contributed by atoms with Gasteiger partial charge >= 0.3 is 0 Å². The Balaban J connectivity index is 1.56. The molecule has 1 fully saturated rings. The normalized spacial score (nSPS) is 14.7. The summed E-state index contributed by atoms with van der Waals surface area (Å²) in [5.41, 5.74) is 1.85. The Morgan fingerprint density at radius 3 is 2.81 bits per heavy atom. The number of aromatic nitrogens is 2. The van der Waals surface area contributed by atoms with Crippen LogP contribution in [-0.2, 0) is 11.3 Å². The van der Waals surface area contributed by atoms with Crippen LogP contribution in [-0.4, -0.2) is 53.4 Å². The Morgan fingerprint density at radius 2 is 2.06 bits per heavy atom. The molecule has 0 amide bonds. The third-order valence-corrected chi connectivity index (χ3v) is 6.95. The van der Waals surface area contributed by atoms with E-state index in [0.717, 1.165) is 59.4 Å². The number of thiophene rings is 2. The number of ether oxygens (including phenoxy) is 2. The van der Waals surface area contributed by atoms with E-state index in [9.17, 15) is 5.11 Å². The number of hydrogen-bond acceptors (Lipinski definition) is 9. The van der Waals surface area contributed by atoms with Crippen LogP contribution < -0.4 is 10.1 Å². The maximum absolute atomic E-state index is 10.2. The highest BCUT2D eigenvalue weighted by molar-refractivity contribution is 7.18. The second kappa shape index (κ2) is 8.80. The van der Waals surface area contributed by atoms with Gasteiger partial charge in [0.05, 0.1) is 32.3 Å². The lowest BCUT2D eigenvalue weighted by molar-refractivity contribution is 0.0331. The average molecular weight is 455 g/mol. The molecule has 1 saturated heterocycles. The van der Waals surface area contributed by atoms with Crippen LogP contribution >= 0.6 is 22.7 Å². The van der Waals surface area contributed by atoms with Gasteiger partial charge in [-0.25, -0.2) is 9.97 Å². The van der Waals surface area contributed by atoms with Crippen molar-refractivity contribution in [2.75, 3.05) is 38.7 Å². The van der Waals surface area contributed by atoms with Gasteiger partial charge in [-0.15, -0.1) is 22.7 Å². The molecule has 0 spiro atoms. The number of rotatable bonds is 6. The summed E-state index contributed by atoms with van der Waals surface area (Å²) in [5, 5.41) is 18.8. The number of methoxy groups -OCH3 is 1. The number of hydrogen-bond donors (Lipinski definition) is 2. The molecule has 0 aliphatic carbocycles. The van der Waals surface area contributed by atoms with Gasteiger partial charge in [-0.05, 0) is 23.6 Å². The quantitative estimate of drug-likeness (QED) is 0.437. The maximum atomic E-state index is 10.2. The molecule has 0 saturated carbocycles. The van der Waals surface area contributed by atoms with E-state index in [0.29, 0.717) is 12.3 Å². The third kappa shape index (κ3) is 4.22. The van der Waals surface area contributed by atoms with E-state index in [-0.39, 0.29) is 5.75 Å². The topological polar surface area (TPSA) is 79.7 Å². The molecule has 0 unspecified atom stereocenters. The highest BCUT2D eigenvalue weighted by Crippen LogP contribution is 2.40.